The molecule has 0 bridgehead atoms. The van der Waals surface area contributed by atoms with Gasteiger partial charge in [-0.05, 0) is 11.6 Å². The normalized spacial score (nSPS) is 11.4. The van der Waals surface area contributed by atoms with E-state index in [1.165, 1.54) is 6.07 Å². The zero-order valence-electron chi connectivity index (χ0n) is 10.2. The zero-order chi connectivity index (χ0) is 12.5. The van der Waals surface area contributed by atoms with Crippen molar-refractivity contribution >= 4 is 17.7 Å². The summed E-state index contributed by atoms with van der Waals surface area (Å²) in [6, 6.07) is 6.89. The molecule has 0 aliphatic heterocycles. The van der Waals surface area contributed by atoms with Crippen LogP contribution in [0.25, 0.3) is 0 Å². The molecule has 1 aromatic rings. The van der Waals surface area contributed by atoms with Gasteiger partial charge in [-0.15, -0.1) is 0 Å². The van der Waals surface area contributed by atoms with Gasteiger partial charge in [0.1, 0.15) is 5.82 Å². The highest BCUT2D eigenvalue weighted by atomic mass is 32.2. The third-order valence-corrected chi connectivity index (χ3v) is 3.22. The molecule has 0 heterocycles. The number of rotatable bonds is 5. The van der Waals surface area contributed by atoms with Crippen molar-refractivity contribution in [3.05, 3.63) is 35.6 Å². The van der Waals surface area contributed by atoms with E-state index in [0.717, 1.165) is 23.8 Å². The molecule has 0 aromatic heterocycles. The predicted molar refractivity (Wildman–Crippen MR) is 73.0 cm³/mol. The van der Waals surface area contributed by atoms with Crippen LogP contribution in [0.4, 0.5) is 4.39 Å². The first-order chi connectivity index (χ1) is 8.27. The van der Waals surface area contributed by atoms with Gasteiger partial charge >= 0.3 is 0 Å². The number of nitrogens with one attached hydrogen (secondary N) is 2. The van der Waals surface area contributed by atoms with Gasteiger partial charge in [0, 0.05) is 32.1 Å². The van der Waals surface area contributed by atoms with Crippen LogP contribution in [0.2, 0.25) is 0 Å². The average molecular weight is 255 g/mol. The van der Waals surface area contributed by atoms with Crippen molar-refractivity contribution < 1.29 is 4.39 Å². The molecule has 0 fully saturated rings. The summed E-state index contributed by atoms with van der Waals surface area (Å²) in [4.78, 5) is 4.00. The van der Waals surface area contributed by atoms with Crippen LogP contribution in [0, 0.1) is 5.82 Å². The van der Waals surface area contributed by atoms with Gasteiger partial charge in [0.15, 0.2) is 5.96 Å². The first-order valence-electron chi connectivity index (χ1n) is 5.47. The average Bonchev–Trinajstić information content (AvgIpc) is 2.36. The van der Waals surface area contributed by atoms with Gasteiger partial charge < -0.3 is 10.6 Å². The molecule has 0 saturated heterocycles. The van der Waals surface area contributed by atoms with Crippen LogP contribution >= 0.6 is 11.8 Å². The maximum atomic E-state index is 13.3. The van der Waals surface area contributed by atoms with Crippen LogP contribution in [0.1, 0.15) is 5.56 Å². The van der Waals surface area contributed by atoms with Crippen molar-refractivity contribution in [2.45, 2.75) is 5.75 Å². The molecule has 0 saturated carbocycles. The van der Waals surface area contributed by atoms with E-state index in [0.29, 0.717) is 5.75 Å². The van der Waals surface area contributed by atoms with Crippen LogP contribution < -0.4 is 10.6 Å². The number of aliphatic imine (C=N–C) groups is 1. The van der Waals surface area contributed by atoms with E-state index < -0.39 is 0 Å². The van der Waals surface area contributed by atoms with Crippen LogP contribution in [-0.4, -0.2) is 32.4 Å². The molecule has 3 nitrogen and oxygen atoms in total. The summed E-state index contributed by atoms with van der Waals surface area (Å²) in [5.41, 5.74) is 0.760. The Labute approximate surface area is 106 Å². The van der Waals surface area contributed by atoms with E-state index in [4.69, 9.17) is 0 Å². The zero-order valence-corrected chi connectivity index (χ0v) is 11.0. The van der Waals surface area contributed by atoms with Gasteiger partial charge in [0.05, 0.1) is 0 Å². The van der Waals surface area contributed by atoms with E-state index in [2.05, 4.69) is 15.6 Å². The van der Waals surface area contributed by atoms with Gasteiger partial charge in [-0.2, -0.15) is 11.8 Å². The summed E-state index contributed by atoms with van der Waals surface area (Å²) in [5.74, 6) is 2.26. The Kier molecular flexibility index (Phi) is 6.47. The molecule has 1 aromatic carbocycles. The van der Waals surface area contributed by atoms with Crippen molar-refractivity contribution in [2.75, 3.05) is 26.4 Å². The molecule has 1 rings (SSSR count). The third kappa shape index (κ3) is 5.08. The monoisotopic (exact) mass is 255 g/mol. The number of hydrogen-bond donors (Lipinski definition) is 2. The van der Waals surface area contributed by atoms with Gasteiger partial charge in [0.2, 0.25) is 0 Å². The van der Waals surface area contributed by atoms with Crippen molar-refractivity contribution in [1.29, 1.82) is 0 Å². The highest BCUT2D eigenvalue weighted by Gasteiger charge is 2.00. The summed E-state index contributed by atoms with van der Waals surface area (Å²) >= 11 is 1.70. The Morgan fingerprint density at radius 3 is 2.82 bits per heavy atom. The van der Waals surface area contributed by atoms with Crippen LogP contribution in [0.15, 0.2) is 29.3 Å². The number of nitrogens with zero attached hydrogens (tertiary/aromatic N) is 1. The lowest BCUT2D eigenvalue weighted by Gasteiger charge is -2.08. The lowest BCUT2D eigenvalue weighted by atomic mass is 10.2. The van der Waals surface area contributed by atoms with E-state index in [-0.39, 0.29) is 5.82 Å². The Morgan fingerprint density at radius 2 is 2.18 bits per heavy atom. The molecule has 0 aliphatic rings. The number of hydrogen-bond acceptors (Lipinski definition) is 2. The molecule has 0 unspecified atom stereocenters. The van der Waals surface area contributed by atoms with Crippen molar-refractivity contribution in [3.63, 3.8) is 0 Å². The summed E-state index contributed by atoms with van der Waals surface area (Å²) < 4.78 is 13.3. The van der Waals surface area contributed by atoms with E-state index in [9.17, 15) is 4.39 Å². The summed E-state index contributed by atoms with van der Waals surface area (Å²) in [6.45, 7) is 0.812. The van der Waals surface area contributed by atoms with Crippen LogP contribution in [0.3, 0.4) is 0 Å². The Hall–Kier alpha value is -1.23. The molecule has 0 atom stereocenters. The Morgan fingerprint density at radius 1 is 1.41 bits per heavy atom. The number of thioether (sulfide) groups is 1. The fourth-order valence-electron chi connectivity index (χ4n) is 1.32. The molecule has 94 valence electrons. The van der Waals surface area contributed by atoms with Crippen molar-refractivity contribution in [1.82, 2.24) is 10.6 Å². The molecule has 17 heavy (non-hydrogen) atoms. The number of halogens is 1. The molecule has 0 aliphatic carbocycles. The minimum atomic E-state index is -0.126. The largest absolute Gasteiger partial charge is 0.359 e. The SMILES string of the molecule is CN=C(NC)NCCSCc1ccccc1F. The van der Waals surface area contributed by atoms with Gasteiger partial charge in [-0.1, -0.05) is 18.2 Å². The first-order valence-corrected chi connectivity index (χ1v) is 6.63. The minimum Gasteiger partial charge on any atom is -0.359 e. The molecule has 0 radical (unpaired) electrons. The van der Waals surface area contributed by atoms with Gasteiger partial charge in [-0.25, -0.2) is 4.39 Å². The number of guanidine groups is 1. The van der Waals surface area contributed by atoms with Crippen LogP contribution in [0.5, 0.6) is 0 Å². The molecule has 2 N–H and O–H groups in total. The van der Waals surface area contributed by atoms with Gasteiger partial charge in [-0.3, -0.25) is 4.99 Å². The molecular weight excluding hydrogens is 237 g/mol. The standard InChI is InChI=1S/C12H18FN3S/c1-14-12(15-2)16-7-8-17-9-10-5-3-4-6-11(10)13/h3-6H,7-9H2,1-2H3,(H2,14,15,16). The molecule has 5 heteroatoms. The molecule has 0 spiro atoms. The van der Waals surface area contributed by atoms with E-state index in [1.54, 1.807) is 24.9 Å². The van der Waals surface area contributed by atoms with E-state index >= 15 is 0 Å². The highest BCUT2D eigenvalue weighted by molar-refractivity contribution is 7.98. The van der Waals surface area contributed by atoms with E-state index in [1.807, 2.05) is 19.2 Å². The topological polar surface area (TPSA) is 36.4 Å². The fourth-order valence-corrected chi connectivity index (χ4v) is 2.16. The summed E-state index contributed by atoms with van der Waals surface area (Å²) in [5, 5.41) is 6.08. The minimum absolute atomic E-state index is 0.126. The second kappa shape index (κ2) is 7.95. The van der Waals surface area contributed by atoms with Crippen molar-refractivity contribution in [2.24, 2.45) is 4.99 Å². The fraction of sp³-hybridized carbons (Fsp3) is 0.417. The summed E-state index contributed by atoms with van der Waals surface area (Å²) in [6.07, 6.45) is 0. The maximum absolute atomic E-state index is 13.3. The lowest BCUT2D eigenvalue weighted by molar-refractivity contribution is 0.617. The third-order valence-electron chi connectivity index (χ3n) is 2.21. The second-order valence-electron chi connectivity index (χ2n) is 3.39. The van der Waals surface area contributed by atoms with Crippen LogP contribution in [-0.2, 0) is 5.75 Å². The molecule has 0 amide bonds. The first kappa shape index (κ1) is 13.8. The Bertz CT molecular complexity index is 369. The summed E-state index contributed by atoms with van der Waals surface area (Å²) in [7, 11) is 3.55. The maximum Gasteiger partial charge on any atom is 0.190 e. The quantitative estimate of drug-likeness (QED) is 0.479. The highest BCUT2D eigenvalue weighted by Crippen LogP contribution is 2.14. The molecular formula is C12H18FN3S. The smallest absolute Gasteiger partial charge is 0.190 e. The second-order valence-corrected chi connectivity index (χ2v) is 4.50. The lowest BCUT2D eigenvalue weighted by Crippen LogP contribution is -2.35. The van der Waals surface area contributed by atoms with Gasteiger partial charge in [0.25, 0.3) is 0 Å². The number of benzene rings is 1. The predicted octanol–water partition coefficient (Wildman–Crippen LogP) is 1.85. The Balaban J connectivity index is 2.19. The van der Waals surface area contributed by atoms with Crippen molar-refractivity contribution in [3.8, 4) is 0 Å².